The first-order chi connectivity index (χ1) is 14.7. The average Bonchev–Trinajstić information content (AvgIpc) is 2.74. The van der Waals surface area contributed by atoms with Gasteiger partial charge in [-0.05, 0) is 49.6 Å². The highest BCUT2D eigenvalue weighted by Crippen LogP contribution is 2.35. The molecule has 0 unspecified atom stereocenters. The summed E-state index contributed by atoms with van der Waals surface area (Å²) in [4.78, 5) is 0. The Labute approximate surface area is 179 Å². The van der Waals surface area contributed by atoms with Gasteiger partial charge >= 0.3 is 0 Å². The van der Waals surface area contributed by atoms with Gasteiger partial charge in [-0.3, -0.25) is 0 Å². The van der Waals surface area contributed by atoms with E-state index >= 15 is 0 Å². The summed E-state index contributed by atoms with van der Waals surface area (Å²) in [6, 6.07) is 11.9. The zero-order valence-corrected chi connectivity index (χ0v) is 17.0. The van der Waals surface area contributed by atoms with Crippen LogP contribution in [-0.4, -0.2) is 42.4 Å². The molecule has 4 rings (SSSR count). The minimum Gasteiger partial charge on any atom is -0.508 e. The first-order valence-corrected chi connectivity index (χ1v) is 9.49. The van der Waals surface area contributed by atoms with Crippen molar-refractivity contribution in [3.8, 4) is 40.2 Å². The van der Waals surface area contributed by atoms with Gasteiger partial charge in [0.15, 0.2) is 11.5 Å². The number of fused-ring (bicyclic) bond motifs is 1. The van der Waals surface area contributed by atoms with E-state index in [4.69, 9.17) is 35.4 Å². The van der Waals surface area contributed by atoms with Crippen LogP contribution in [0.5, 0.6) is 40.2 Å². The zero-order valence-electron chi connectivity index (χ0n) is 17.0. The third kappa shape index (κ3) is 6.61. The molecule has 0 aliphatic carbocycles. The summed E-state index contributed by atoms with van der Waals surface area (Å²) in [7, 11) is 0. The van der Waals surface area contributed by atoms with Gasteiger partial charge in [0.05, 0.1) is 13.2 Å². The van der Waals surface area contributed by atoms with Crippen molar-refractivity contribution in [2.45, 2.75) is 26.4 Å². The fraction of sp³-hybridized carbons (Fsp3) is 0.217. The molecular weight excluding hydrogens is 404 g/mol. The third-order valence-electron chi connectivity index (χ3n) is 4.48. The molecule has 1 aliphatic rings. The van der Waals surface area contributed by atoms with Gasteiger partial charge in [-0.25, -0.2) is 0 Å². The van der Waals surface area contributed by atoms with Gasteiger partial charge in [0.25, 0.3) is 0 Å². The first kappa shape index (κ1) is 23.5. The minimum atomic E-state index is -0.179. The molecule has 0 spiro atoms. The summed E-state index contributed by atoms with van der Waals surface area (Å²) in [6.45, 7) is 2.09. The SMILES string of the molecule is Cc1c(O)cc(CO)cc1O.Oc1cc(O)c2c(c1)OCCC2.Oc1ccccc1O. The van der Waals surface area contributed by atoms with Crippen LogP contribution >= 0.6 is 0 Å². The van der Waals surface area contributed by atoms with Crippen molar-refractivity contribution in [1.82, 2.24) is 0 Å². The van der Waals surface area contributed by atoms with E-state index in [0.29, 0.717) is 23.5 Å². The van der Waals surface area contributed by atoms with Crippen LogP contribution in [0.1, 0.15) is 23.1 Å². The predicted octanol–water partition coefficient (Wildman–Crippen LogP) is 3.42. The lowest BCUT2D eigenvalue weighted by molar-refractivity contribution is 0.280. The van der Waals surface area contributed by atoms with Crippen LogP contribution in [0.3, 0.4) is 0 Å². The Morgan fingerprint density at radius 3 is 1.87 bits per heavy atom. The van der Waals surface area contributed by atoms with Crippen molar-refractivity contribution in [1.29, 1.82) is 0 Å². The second-order valence-electron chi connectivity index (χ2n) is 6.80. The van der Waals surface area contributed by atoms with Crippen LogP contribution in [0.2, 0.25) is 0 Å². The second-order valence-corrected chi connectivity index (χ2v) is 6.80. The van der Waals surface area contributed by atoms with Gasteiger partial charge in [-0.1, -0.05) is 12.1 Å². The normalized spacial score (nSPS) is 11.7. The Balaban J connectivity index is 0.000000169. The van der Waals surface area contributed by atoms with Crippen molar-refractivity contribution in [3.63, 3.8) is 0 Å². The van der Waals surface area contributed by atoms with Gasteiger partial charge in [-0.2, -0.15) is 0 Å². The maximum atomic E-state index is 9.40. The van der Waals surface area contributed by atoms with Crippen LogP contribution in [0.4, 0.5) is 0 Å². The van der Waals surface area contributed by atoms with Gasteiger partial charge in [0.2, 0.25) is 0 Å². The molecule has 1 heterocycles. The largest absolute Gasteiger partial charge is 0.508 e. The fourth-order valence-electron chi connectivity index (χ4n) is 2.72. The van der Waals surface area contributed by atoms with E-state index in [1.807, 2.05) is 0 Å². The van der Waals surface area contributed by atoms with Crippen molar-refractivity contribution in [2.24, 2.45) is 0 Å². The Hall–Kier alpha value is -3.78. The van der Waals surface area contributed by atoms with Gasteiger partial charge < -0.3 is 40.5 Å². The van der Waals surface area contributed by atoms with E-state index in [-0.39, 0.29) is 41.1 Å². The quantitative estimate of drug-likeness (QED) is 0.290. The van der Waals surface area contributed by atoms with E-state index in [2.05, 4.69) is 0 Å². The summed E-state index contributed by atoms with van der Waals surface area (Å²) in [5.74, 6) is 0.653. The van der Waals surface area contributed by atoms with Gasteiger partial charge in [0.1, 0.15) is 28.7 Å². The lowest BCUT2D eigenvalue weighted by atomic mass is 10.1. The Morgan fingerprint density at radius 2 is 1.35 bits per heavy atom. The molecule has 1 aliphatic heterocycles. The highest BCUT2D eigenvalue weighted by molar-refractivity contribution is 5.50. The molecule has 3 aromatic carbocycles. The number of aliphatic hydroxyl groups excluding tert-OH is 1. The number of rotatable bonds is 1. The van der Waals surface area contributed by atoms with E-state index in [9.17, 15) is 5.11 Å². The fourth-order valence-corrected chi connectivity index (χ4v) is 2.72. The molecule has 7 N–H and O–H groups in total. The smallest absolute Gasteiger partial charge is 0.157 e. The molecule has 0 bridgehead atoms. The molecule has 0 atom stereocenters. The van der Waals surface area contributed by atoms with E-state index in [1.54, 1.807) is 19.1 Å². The molecule has 0 saturated heterocycles. The predicted molar refractivity (Wildman–Crippen MR) is 114 cm³/mol. The van der Waals surface area contributed by atoms with Gasteiger partial charge in [0, 0.05) is 23.3 Å². The molecular formula is C23H26O8. The molecule has 0 saturated carbocycles. The maximum Gasteiger partial charge on any atom is 0.157 e. The van der Waals surface area contributed by atoms with Crippen LogP contribution in [0, 0.1) is 6.92 Å². The molecule has 3 aromatic rings. The minimum absolute atomic E-state index is 0.00838. The number of benzene rings is 3. The Bertz CT molecular complexity index is 972. The number of phenolic OH excluding ortho intramolecular Hbond substituents is 6. The van der Waals surface area contributed by atoms with Crippen molar-refractivity contribution < 1.29 is 40.5 Å². The van der Waals surface area contributed by atoms with Crippen molar-refractivity contribution in [3.05, 3.63) is 65.2 Å². The molecule has 0 amide bonds. The number of hydrogen-bond acceptors (Lipinski definition) is 8. The lowest BCUT2D eigenvalue weighted by Crippen LogP contribution is -2.07. The highest BCUT2D eigenvalue weighted by atomic mass is 16.5. The third-order valence-corrected chi connectivity index (χ3v) is 4.48. The summed E-state index contributed by atoms with van der Waals surface area (Å²) in [6.07, 6.45) is 1.74. The average molecular weight is 430 g/mol. The first-order valence-electron chi connectivity index (χ1n) is 9.49. The van der Waals surface area contributed by atoms with Crippen LogP contribution in [0.15, 0.2) is 48.5 Å². The summed E-state index contributed by atoms with van der Waals surface area (Å²) in [5, 5.41) is 62.8. The number of ether oxygens (including phenoxy) is 1. The number of para-hydroxylation sites is 2. The molecule has 8 nitrogen and oxygen atoms in total. The number of phenols is 6. The van der Waals surface area contributed by atoms with Crippen molar-refractivity contribution in [2.75, 3.05) is 6.61 Å². The molecule has 8 heteroatoms. The van der Waals surface area contributed by atoms with E-state index in [1.165, 1.54) is 36.4 Å². The number of aliphatic hydroxyl groups is 1. The molecule has 166 valence electrons. The molecule has 0 radical (unpaired) electrons. The van der Waals surface area contributed by atoms with Crippen LogP contribution in [-0.2, 0) is 13.0 Å². The lowest BCUT2D eigenvalue weighted by Gasteiger charge is -2.17. The molecule has 31 heavy (non-hydrogen) atoms. The van der Waals surface area contributed by atoms with Crippen molar-refractivity contribution >= 4 is 0 Å². The highest BCUT2D eigenvalue weighted by Gasteiger charge is 2.15. The van der Waals surface area contributed by atoms with E-state index < -0.39 is 0 Å². The monoisotopic (exact) mass is 430 g/mol. The number of hydrogen-bond donors (Lipinski definition) is 7. The Morgan fingerprint density at radius 1 is 0.774 bits per heavy atom. The van der Waals surface area contributed by atoms with Crippen LogP contribution in [0.25, 0.3) is 0 Å². The summed E-state index contributed by atoms with van der Waals surface area (Å²) >= 11 is 0. The molecule has 0 aromatic heterocycles. The summed E-state index contributed by atoms with van der Waals surface area (Å²) < 4.78 is 5.27. The second kappa shape index (κ2) is 10.8. The van der Waals surface area contributed by atoms with Gasteiger partial charge in [-0.15, -0.1) is 0 Å². The van der Waals surface area contributed by atoms with E-state index in [0.717, 1.165) is 18.4 Å². The summed E-state index contributed by atoms with van der Waals surface area (Å²) in [5.41, 5.74) is 1.74. The molecule has 0 fully saturated rings. The topological polar surface area (TPSA) is 151 Å². The zero-order chi connectivity index (χ0) is 23.0. The maximum absolute atomic E-state index is 9.40. The Kier molecular flexibility index (Phi) is 8.22. The number of aromatic hydroxyl groups is 6. The van der Waals surface area contributed by atoms with Crippen LogP contribution < -0.4 is 4.74 Å². The standard InChI is InChI=1S/C9H10O3.C8H10O3.C6H6O2/c10-6-4-8(11)7-2-1-3-12-9(7)5-6;1-5-7(10)2-6(4-9)3-8(5)11;7-5-3-1-2-4-6(5)8/h4-5,10-11H,1-3H2;2-3,9-11H,4H2,1H3;1-4,7-8H.